The normalized spacial score (nSPS) is 26.3. The number of aliphatic hydroxyl groups excluding tert-OH is 6. The van der Waals surface area contributed by atoms with Gasteiger partial charge >= 0.3 is 13.6 Å². The average molecular weight is 1780 g/mol. The van der Waals surface area contributed by atoms with Gasteiger partial charge in [0.2, 0.25) is 53.4 Å². The number of aromatic hydroxyl groups is 3. The van der Waals surface area contributed by atoms with Crippen LogP contribution in [0.2, 0.25) is 10.0 Å². The van der Waals surface area contributed by atoms with Gasteiger partial charge in [0.25, 0.3) is 0 Å². The number of hydrogen-bond acceptors (Lipinski definition) is 26. The lowest BCUT2D eigenvalue weighted by Crippen LogP contribution is -2.64. The number of carbonyl (C=O) groups is 8. The number of likely N-dealkylation sites (N-methyl/N-ethyl adjacent to an activating group) is 1. The molecule has 1 unspecified atom stereocenters. The fraction of sp³-hybridized carbons (Fsp3) is 0.548. The van der Waals surface area contributed by atoms with Crippen molar-refractivity contribution in [3.63, 3.8) is 0 Å². The van der Waals surface area contributed by atoms with Crippen molar-refractivity contribution in [3.8, 4) is 57.1 Å². The van der Waals surface area contributed by atoms with E-state index < -0.39 is 245 Å². The van der Waals surface area contributed by atoms with Gasteiger partial charge in [-0.1, -0.05) is 158 Å². The van der Waals surface area contributed by atoms with Crippen LogP contribution in [0.4, 0.5) is 0 Å². The zero-order valence-corrected chi connectivity index (χ0v) is 71.5. The molecule has 0 aromatic heterocycles. The maximum absolute atomic E-state index is 16.0. The third-order valence-corrected chi connectivity index (χ3v) is 23.6. The Kier molecular flexibility index (Phi) is 35.1. The number of phenols is 3. The van der Waals surface area contributed by atoms with Crippen molar-refractivity contribution in [1.29, 1.82) is 0 Å². The Bertz CT molecular complexity index is 4600. The summed E-state index contributed by atoms with van der Waals surface area (Å²) in [6.45, 7) is 7.93. The summed E-state index contributed by atoms with van der Waals surface area (Å²) in [6, 6.07) is -0.679. The molecular formula is C84H114Cl2N9O27P. The Hall–Kier alpha value is -9.05. The molecule has 0 saturated carbocycles. The Labute approximate surface area is 720 Å². The van der Waals surface area contributed by atoms with Crippen LogP contribution in [0.5, 0.6) is 46.0 Å². The van der Waals surface area contributed by atoms with E-state index in [2.05, 4.69) is 44.1 Å². The Morgan fingerprint density at radius 2 is 1.20 bits per heavy atom. The van der Waals surface area contributed by atoms with Crippen molar-refractivity contribution in [1.82, 2.24) is 37.2 Å². The second-order valence-corrected chi connectivity index (χ2v) is 35.0. The first-order chi connectivity index (χ1) is 58.2. The number of hydrogen-bond donors (Lipinski definition) is 21. The van der Waals surface area contributed by atoms with Crippen LogP contribution in [0, 0.1) is 5.92 Å². The van der Waals surface area contributed by atoms with Crippen molar-refractivity contribution in [2.24, 2.45) is 17.4 Å². The Morgan fingerprint density at radius 3 is 1.72 bits per heavy atom. The van der Waals surface area contributed by atoms with E-state index >= 15 is 14.4 Å². The second kappa shape index (κ2) is 44.2. The van der Waals surface area contributed by atoms with E-state index in [9.17, 15) is 79.6 Å². The molecule has 11 bridgehead atoms. The van der Waals surface area contributed by atoms with Crippen LogP contribution in [0.25, 0.3) is 11.1 Å². The van der Waals surface area contributed by atoms with Gasteiger partial charge in [-0.3, -0.25) is 38.1 Å². The van der Waals surface area contributed by atoms with E-state index in [1.165, 1.54) is 116 Å². The van der Waals surface area contributed by atoms with Gasteiger partial charge < -0.3 is 138 Å². The number of unbranched alkanes of at least 4 members (excludes halogenated alkanes) is 15. The highest BCUT2D eigenvalue weighted by molar-refractivity contribution is 7.51. The molecule has 0 spiro atoms. The third kappa shape index (κ3) is 25.8. The number of fused-ring (bicyclic) bond motifs is 15. The van der Waals surface area contributed by atoms with Crippen molar-refractivity contribution in [3.05, 3.63) is 117 Å². The van der Waals surface area contributed by atoms with Crippen LogP contribution < -0.4 is 62.9 Å². The average Bonchev–Trinajstić information content (AvgIpc) is 0.764. The number of carboxylic acids is 1. The number of halogens is 2. The number of rotatable bonds is 30. The summed E-state index contributed by atoms with van der Waals surface area (Å²) in [7, 11) is -2.28. The molecule has 5 aromatic carbocycles. The number of aliphatic carboxylic acids is 1. The number of primary amides is 1. The molecule has 123 heavy (non-hydrogen) atoms. The highest BCUT2D eigenvalue weighted by atomic mass is 35.5. The predicted octanol–water partition coefficient (Wildman–Crippen LogP) is 6.53. The topological polar surface area (TPSA) is 588 Å². The van der Waals surface area contributed by atoms with E-state index in [1.807, 2.05) is 13.8 Å². The first-order valence-corrected chi connectivity index (χ1v) is 43.8. The number of nitrogens with two attached hydrogens (primary N) is 2. The van der Waals surface area contributed by atoms with E-state index in [-0.39, 0.29) is 52.4 Å². The summed E-state index contributed by atoms with van der Waals surface area (Å²) < 4.78 is 49.0. The lowest BCUT2D eigenvalue weighted by atomic mass is 9.86. The molecule has 0 aliphatic carbocycles. The van der Waals surface area contributed by atoms with Gasteiger partial charge in [0.05, 0.1) is 41.3 Å². The maximum atomic E-state index is 16.0. The molecule has 39 heteroatoms. The van der Waals surface area contributed by atoms with E-state index in [4.69, 9.17) is 72.9 Å². The van der Waals surface area contributed by atoms with Crippen LogP contribution in [0.1, 0.15) is 215 Å². The summed E-state index contributed by atoms with van der Waals surface area (Å²) in [5.74, 6) is -16.0. The molecule has 23 N–H and O–H groups in total. The molecule has 18 atom stereocenters. The zero-order valence-electron chi connectivity index (χ0n) is 69.1. The smallest absolute Gasteiger partial charge is 0.330 e. The Balaban J connectivity index is 0.000000682. The first-order valence-electron chi connectivity index (χ1n) is 41.2. The summed E-state index contributed by atoms with van der Waals surface area (Å²) >= 11 is 14.1. The fourth-order valence-corrected chi connectivity index (χ4v) is 16.4. The number of nitrogens with one attached hydrogen (secondary N) is 7. The molecule has 2 fully saturated rings. The summed E-state index contributed by atoms with van der Waals surface area (Å²) in [5.41, 5.74) is 8.00. The van der Waals surface area contributed by atoms with Gasteiger partial charge in [0.15, 0.2) is 29.9 Å². The minimum absolute atomic E-state index is 0.0610. The minimum atomic E-state index is -3.75. The van der Waals surface area contributed by atoms with Crippen molar-refractivity contribution in [2.75, 3.05) is 19.8 Å². The van der Waals surface area contributed by atoms with Crippen molar-refractivity contribution < 1.29 is 132 Å². The number of carbonyl (C=O) groups excluding carboxylic acids is 7. The molecule has 7 aliphatic heterocycles. The third-order valence-electron chi connectivity index (χ3n) is 22.1. The number of benzene rings is 5. The summed E-state index contributed by atoms with van der Waals surface area (Å²) in [4.78, 5) is 134. The van der Waals surface area contributed by atoms with Gasteiger partial charge in [0, 0.05) is 40.9 Å². The molecule has 2 saturated heterocycles. The first kappa shape index (κ1) is 97.8. The SMILES string of the molecule is CCCCCCCCCCCCCCCCCCP(=O)(O)O.CN[C@H](CC(C)C)C(=O)N[C@H]1C(=O)N[C@@H](CC(N)=O)C(=O)N[C@H]2C(=O)N[C@H]3C(=O)N[C@H](C(=O)N[C@@H](C(=O)O)c4cc(O)cc(O)c4-c4cc3ccc4O)[C@H](O)c3ccc(c(Cl)c3)Oc3cc2cc(c3O[C@@H]2O[C@H](CO)[C@@H](O)[C@H](O)[C@H]2O[C@H]2C[C@](C)(N)C(O)[C@H](C)O2)Oc2ccc(cc2Cl)[C@H]1O. The number of ether oxygens (including phenoxy) is 6. The standard InChI is InChI=1S/C66H75Cl2N9O24.C18H39O3P/c1-23(2)12-34(71-5)58(88)76-49-51(83)26-7-10-38(32(67)14-26)97-40-16-28-17-41(55(40)101-65-56(54(86)53(85)42(22-78)99-65)100-44-21-66(4,70)57(87)24(3)96-44)98-39-11-8-27(15-33(39)68)52(84)50-63(93)75-48(64(94)95)31-18-29(79)19-37(81)45(31)30-13-25(6-9-36(30)80)46(60(90)77-50)74-61(91)47(28)73-59(89)35(20-43(69)82)72-62(49)92;1-2-3-4-5-6-7-8-9-10-11-12-13-14-15-16-17-18-22(19,20)21/h6-11,13-19,23-24,34-35,42,44,46-54,56-57,65,71,78-81,83-87H,12,20-22,70H2,1-5H3,(H2,69,82)(H,72,92)(H,73,89)(H,74,91)(H,75,93)(H,76,88)(H,77,90)(H,94,95);2-18H2,1H3,(H2,19,20,21)/t24-,34+,35-,42+,44-,46+,47+,48+,49+,50-,51+,52+,53+,54-,56+,57?,65-,66-;/m0./s1. The van der Waals surface area contributed by atoms with E-state index in [0.717, 1.165) is 79.6 Å². The van der Waals surface area contributed by atoms with Crippen LogP contribution in [0.3, 0.4) is 0 Å². The molecule has 7 aliphatic rings. The number of aliphatic hydroxyl groups is 6. The molecule has 0 radical (unpaired) electrons. The number of carboxylic acid groups (broad SMARTS) is 1. The van der Waals surface area contributed by atoms with Crippen LogP contribution in [0.15, 0.2) is 78.9 Å². The molecule has 7 amide bonds. The molecule has 12 rings (SSSR count). The lowest BCUT2D eigenvalue weighted by Gasteiger charge is -2.47. The summed E-state index contributed by atoms with van der Waals surface area (Å²) in [5, 5.41) is 131. The summed E-state index contributed by atoms with van der Waals surface area (Å²) in [6.07, 6.45) is 2.08. The molecule has 7 heterocycles. The second-order valence-electron chi connectivity index (χ2n) is 32.4. The highest BCUT2D eigenvalue weighted by Crippen LogP contribution is 2.50. The minimum Gasteiger partial charge on any atom is -0.508 e. The van der Waals surface area contributed by atoms with Gasteiger partial charge in [-0.25, -0.2) is 4.79 Å². The zero-order chi connectivity index (χ0) is 90.1. The van der Waals surface area contributed by atoms with E-state index in [1.54, 1.807) is 0 Å². The van der Waals surface area contributed by atoms with Crippen LogP contribution in [-0.2, 0) is 57.1 Å². The highest BCUT2D eigenvalue weighted by Gasteiger charge is 2.52. The number of amides is 7. The van der Waals surface area contributed by atoms with Crippen molar-refractivity contribution >= 4 is 78.1 Å². The predicted molar refractivity (Wildman–Crippen MR) is 446 cm³/mol. The lowest BCUT2D eigenvalue weighted by molar-refractivity contribution is -0.333. The van der Waals surface area contributed by atoms with Crippen LogP contribution >= 0.6 is 30.8 Å². The van der Waals surface area contributed by atoms with Gasteiger partial charge in [-0.05, 0) is 117 Å². The largest absolute Gasteiger partial charge is 0.508 e. The Morgan fingerprint density at radius 1 is 0.650 bits per heavy atom. The molecule has 676 valence electrons. The van der Waals surface area contributed by atoms with Gasteiger partial charge in [-0.15, -0.1) is 0 Å². The molecular weight excluding hydrogens is 1670 g/mol. The maximum Gasteiger partial charge on any atom is 0.330 e. The van der Waals surface area contributed by atoms with Crippen LogP contribution in [-0.4, -0.2) is 207 Å². The van der Waals surface area contributed by atoms with E-state index in [0.29, 0.717) is 6.42 Å². The van der Waals surface area contributed by atoms with Gasteiger partial charge in [0.1, 0.15) is 89.5 Å². The molecule has 36 nitrogen and oxygen atoms in total. The monoisotopic (exact) mass is 1780 g/mol. The fourth-order valence-electron chi connectivity index (χ4n) is 15.4. The van der Waals surface area contributed by atoms with Crippen molar-refractivity contribution in [2.45, 2.75) is 266 Å². The quantitative estimate of drug-likeness (QED) is 0.0171. The molecule has 5 aromatic rings. The van der Waals surface area contributed by atoms with Gasteiger partial charge in [-0.2, -0.15) is 0 Å². The number of phenolic OH excluding ortho intramolecular Hbond substituents is 3.